The molecule has 1 amide bonds. The van der Waals surface area contributed by atoms with Gasteiger partial charge in [-0.2, -0.15) is 13.2 Å². The number of aliphatic hydroxyl groups is 1. The summed E-state index contributed by atoms with van der Waals surface area (Å²) in [6.07, 6.45) is -3.09. The van der Waals surface area contributed by atoms with E-state index in [2.05, 4.69) is 5.32 Å². The molecule has 2 N–H and O–H groups in total. The smallest absolute Gasteiger partial charge is 0.395 e. The molecule has 94 valence electrons. The summed E-state index contributed by atoms with van der Waals surface area (Å²) in [7, 11) is 0. The van der Waals surface area contributed by atoms with E-state index in [1.807, 2.05) is 0 Å². The standard InChI is InChI=1S/C9H15F3N2O2/c10-9(11,12)6-14(4-5-15)8(16)7-2-1-3-13-7/h7,13,15H,1-6H2/t7-/m0/s1. The van der Waals surface area contributed by atoms with E-state index in [0.717, 1.165) is 6.42 Å². The van der Waals surface area contributed by atoms with Gasteiger partial charge in [0, 0.05) is 6.54 Å². The maximum atomic E-state index is 12.2. The maximum absolute atomic E-state index is 12.2. The predicted molar refractivity (Wildman–Crippen MR) is 50.7 cm³/mol. The van der Waals surface area contributed by atoms with Crippen LogP contribution in [0, 0.1) is 0 Å². The van der Waals surface area contributed by atoms with Crippen LogP contribution in [0.15, 0.2) is 0 Å². The summed E-state index contributed by atoms with van der Waals surface area (Å²) < 4.78 is 36.5. The zero-order chi connectivity index (χ0) is 12.2. The molecule has 1 fully saturated rings. The van der Waals surface area contributed by atoms with Gasteiger partial charge in [0.05, 0.1) is 12.6 Å². The van der Waals surface area contributed by atoms with Crippen LogP contribution in [0.1, 0.15) is 12.8 Å². The SMILES string of the molecule is O=C([C@@H]1CCCN1)N(CCO)CC(F)(F)F. The predicted octanol–water partition coefficient (Wildman–Crippen LogP) is 0.122. The molecule has 0 aliphatic carbocycles. The van der Waals surface area contributed by atoms with Gasteiger partial charge in [-0.15, -0.1) is 0 Å². The number of nitrogens with zero attached hydrogens (tertiary/aromatic N) is 1. The third-order valence-electron chi connectivity index (χ3n) is 2.41. The number of carbonyl (C=O) groups excluding carboxylic acids is 1. The van der Waals surface area contributed by atoms with Gasteiger partial charge < -0.3 is 15.3 Å². The van der Waals surface area contributed by atoms with Crippen LogP contribution in [-0.2, 0) is 4.79 Å². The molecule has 1 saturated heterocycles. The first-order chi connectivity index (χ1) is 7.44. The first-order valence-electron chi connectivity index (χ1n) is 5.14. The van der Waals surface area contributed by atoms with Crippen LogP contribution in [0.3, 0.4) is 0 Å². The maximum Gasteiger partial charge on any atom is 0.406 e. The molecular formula is C9H15F3N2O2. The van der Waals surface area contributed by atoms with Crippen molar-refractivity contribution in [1.29, 1.82) is 0 Å². The molecule has 0 radical (unpaired) electrons. The molecule has 4 nitrogen and oxygen atoms in total. The molecule has 0 aromatic rings. The topological polar surface area (TPSA) is 52.6 Å². The number of amides is 1. The van der Waals surface area contributed by atoms with Gasteiger partial charge in [0.25, 0.3) is 0 Å². The minimum atomic E-state index is -4.43. The zero-order valence-corrected chi connectivity index (χ0v) is 8.76. The van der Waals surface area contributed by atoms with E-state index in [1.165, 1.54) is 0 Å². The van der Waals surface area contributed by atoms with E-state index in [4.69, 9.17) is 5.11 Å². The molecule has 0 bridgehead atoms. The number of alkyl halides is 3. The Morgan fingerprint density at radius 3 is 2.62 bits per heavy atom. The Morgan fingerprint density at radius 2 is 2.19 bits per heavy atom. The first kappa shape index (κ1) is 13.2. The summed E-state index contributed by atoms with van der Waals surface area (Å²) in [4.78, 5) is 12.3. The molecule has 1 heterocycles. The molecule has 0 saturated carbocycles. The van der Waals surface area contributed by atoms with Crippen molar-refractivity contribution in [1.82, 2.24) is 10.2 Å². The minimum Gasteiger partial charge on any atom is -0.395 e. The van der Waals surface area contributed by atoms with E-state index in [0.29, 0.717) is 17.9 Å². The van der Waals surface area contributed by atoms with Crippen LogP contribution in [-0.4, -0.2) is 54.4 Å². The molecule has 0 aromatic heterocycles. The second-order valence-corrected chi connectivity index (χ2v) is 3.75. The third-order valence-corrected chi connectivity index (χ3v) is 2.41. The highest BCUT2D eigenvalue weighted by atomic mass is 19.4. The fourth-order valence-corrected chi connectivity index (χ4v) is 1.72. The fourth-order valence-electron chi connectivity index (χ4n) is 1.72. The van der Waals surface area contributed by atoms with Gasteiger partial charge >= 0.3 is 6.18 Å². The number of hydrogen-bond donors (Lipinski definition) is 2. The monoisotopic (exact) mass is 240 g/mol. The first-order valence-corrected chi connectivity index (χ1v) is 5.14. The summed E-state index contributed by atoms with van der Waals surface area (Å²) in [5, 5.41) is 11.5. The van der Waals surface area contributed by atoms with E-state index in [1.54, 1.807) is 0 Å². The van der Waals surface area contributed by atoms with E-state index >= 15 is 0 Å². The summed E-state index contributed by atoms with van der Waals surface area (Å²) in [6.45, 7) is -1.40. The number of rotatable bonds is 4. The van der Waals surface area contributed by atoms with Crippen molar-refractivity contribution in [3.63, 3.8) is 0 Å². The Balaban J connectivity index is 2.57. The van der Waals surface area contributed by atoms with Crippen LogP contribution >= 0.6 is 0 Å². The van der Waals surface area contributed by atoms with Crippen LogP contribution < -0.4 is 5.32 Å². The van der Waals surface area contributed by atoms with Crippen molar-refractivity contribution < 1.29 is 23.1 Å². The lowest BCUT2D eigenvalue weighted by Gasteiger charge is -2.25. The molecule has 7 heteroatoms. The fraction of sp³-hybridized carbons (Fsp3) is 0.889. The molecule has 0 unspecified atom stereocenters. The van der Waals surface area contributed by atoms with Crippen LogP contribution in [0.5, 0.6) is 0 Å². The lowest BCUT2D eigenvalue weighted by Crippen LogP contribution is -2.48. The van der Waals surface area contributed by atoms with Crippen LogP contribution in [0.25, 0.3) is 0 Å². The van der Waals surface area contributed by atoms with Crippen molar-refractivity contribution >= 4 is 5.91 Å². The van der Waals surface area contributed by atoms with Crippen molar-refractivity contribution in [2.24, 2.45) is 0 Å². The molecule has 1 atom stereocenters. The molecule has 1 aliphatic rings. The molecule has 16 heavy (non-hydrogen) atoms. The van der Waals surface area contributed by atoms with Crippen molar-refractivity contribution in [2.45, 2.75) is 25.1 Å². The average molecular weight is 240 g/mol. The molecule has 1 aliphatic heterocycles. The highest BCUT2D eigenvalue weighted by molar-refractivity contribution is 5.82. The Morgan fingerprint density at radius 1 is 1.50 bits per heavy atom. The molecule has 0 spiro atoms. The highest BCUT2D eigenvalue weighted by Crippen LogP contribution is 2.18. The van der Waals surface area contributed by atoms with Crippen molar-refractivity contribution in [3.05, 3.63) is 0 Å². The summed E-state index contributed by atoms with van der Waals surface area (Å²) in [5.41, 5.74) is 0. The summed E-state index contributed by atoms with van der Waals surface area (Å²) in [5.74, 6) is -0.580. The van der Waals surface area contributed by atoms with Gasteiger partial charge in [0.2, 0.25) is 5.91 Å². The van der Waals surface area contributed by atoms with Crippen molar-refractivity contribution in [3.8, 4) is 0 Å². The van der Waals surface area contributed by atoms with Crippen molar-refractivity contribution in [2.75, 3.05) is 26.2 Å². The normalized spacial score (nSPS) is 21.1. The number of halogens is 3. The van der Waals surface area contributed by atoms with E-state index in [-0.39, 0.29) is 6.54 Å². The quantitative estimate of drug-likeness (QED) is 0.734. The lowest BCUT2D eigenvalue weighted by molar-refractivity contribution is -0.163. The van der Waals surface area contributed by atoms with E-state index in [9.17, 15) is 18.0 Å². The summed E-state index contributed by atoms with van der Waals surface area (Å²) >= 11 is 0. The minimum absolute atomic E-state index is 0.281. The molecule has 0 aromatic carbocycles. The van der Waals surface area contributed by atoms with Gasteiger partial charge in [-0.05, 0) is 19.4 Å². The Bertz CT molecular complexity index is 239. The summed E-state index contributed by atoms with van der Waals surface area (Å²) in [6, 6.07) is -0.533. The van der Waals surface area contributed by atoms with Gasteiger partial charge in [0.15, 0.2) is 0 Å². The number of hydrogen-bond acceptors (Lipinski definition) is 3. The second kappa shape index (κ2) is 5.49. The Labute approximate surface area is 91.4 Å². The Kier molecular flexibility index (Phi) is 4.55. The van der Waals surface area contributed by atoms with Gasteiger partial charge in [0.1, 0.15) is 6.54 Å². The third kappa shape index (κ3) is 3.97. The second-order valence-electron chi connectivity index (χ2n) is 3.75. The average Bonchev–Trinajstić information content (AvgIpc) is 2.66. The van der Waals surface area contributed by atoms with E-state index < -0.39 is 31.3 Å². The highest BCUT2D eigenvalue weighted by Gasteiger charge is 2.35. The number of aliphatic hydroxyl groups excluding tert-OH is 1. The van der Waals surface area contributed by atoms with Gasteiger partial charge in [-0.1, -0.05) is 0 Å². The van der Waals surface area contributed by atoms with Gasteiger partial charge in [-0.3, -0.25) is 4.79 Å². The number of nitrogens with one attached hydrogen (secondary N) is 1. The van der Waals surface area contributed by atoms with Crippen LogP contribution in [0.2, 0.25) is 0 Å². The molecule has 1 rings (SSSR count). The number of carbonyl (C=O) groups is 1. The molecular weight excluding hydrogens is 225 g/mol. The zero-order valence-electron chi connectivity index (χ0n) is 8.76. The lowest BCUT2D eigenvalue weighted by atomic mass is 10.2. The largest absolute Gasteiger partial charge is 0.406 e. The van der Waals surface area contributed by atoms with Gasteiger partial charge in [-0.25, -0.2) is 0 Å². The Hall–Kier alpha value is -0.820. The van der Waals surface area contributed by atoms with Crippen LogP contribution in [0.4, 0.5) is 13.2 Å².